The van der Waals surface area contributed by atoms with Gasteiger partial charge in [0, 0.05) is 12.6 Å². The van der Waals surface area contributed by atoms with Gasteiger partial charge in [-0.25, -0.2) is 4.39 Å². The highest BCUT2D eigenvalue weighted by Crippen LogP contribution is 2.42. The second kappa shape index (κ2) is 8.18. The van der Waals surface area contributed by atoms with E-state index in [9.17, 15) is 4.39 Å². The highest BCUT2D eigenvalue weighted by Gasteiger charge is 2.33. The molecule has 2 nitrogen and oxygen atoms in total. The standard InChI is InChI=1S/C22H34FNO/c1-21(2)17-20(10-15-25-21)24-14-13-22(11-4-3-5-12-22)16-18-6-8-19(23)9-7-18/h6-9,20,24H,3-5,10-17H2,1-2H3/t20-/m1/s1. The molecule has 1 atom stereocenters. The lowest BCUT2D eigenvalue weighted by molar-refractivity contribution is -0.0631. The summed E-state index contributed by atoms with van der Waals surface area (Å²) >= 11 is 0. The van der Waals surface area contributed by atoms with Gasteiger partial charge in [0.1, 0.15) is 5.82 Å². The minimum atomic E-state index is -0.134. The van der Waals surface area contributed by atoms with Crippen LogP contribution in [0.5, 0.6) is 0 Å². The summed E-state index contributed by atoms with van der Waals surface area (Å²) in [5, 5.41) is 3.80. The molecule has 0 spiro atoms. The Labute approximate surface area is 152 Å². The van der Waals surface area contributed by atoms with Crippen molar-refractivity contribution in [3.8, 4) is 0 Å². The van der Waals surface area contributed by atoms with Gasteiger partial charge in [0.2, 0.25) is 0 Å². The third kappa shape index (κ3) is 5.52. The lowest BCUT2D eigenvalue weighted by atomic mass is 9.68. The van der Waals surface area contributed by atoms with Crippen LogP contribution in [-0.4, -0.2) is 24.8 Å². The molecule has 0 radical (unpaired) electrons. The highest BCUT2D eigenvalue weighted by molar-refractivity contribution is 5.18. The van der Waals surface area contributed by atoms with Crippen molar-refractivity contribution in [3.05, 3.63) is 35.6 Å². The SMILES string of the molecule is CC1(C)C[C@H](NCCC2(Cc3ccc(F)cc3)CCCCC2)CCO1. The Morgan fingerprint density at radius 3 is 2.52 bits per heavy atom. The van der Waals surface area contributed by atoms with Crippen molar-refractivity contribution in [1.29, 1.82) is 0 Å². The van der Waals surface area contributed by atoms with Gasteiger partial charge in [-0.2, -0.15) is 0 Å². The molecule has 1 aromatic rings. The van der Waals surface area contributed by atoms with E-state index >= 15 is 0 Å². The molecule has 25 heavy (non-hydrogen) atoms. The lowest BCUT2D eigenvalue weighted by Crippen LogP contribution is -2.44. The highest BCUT2D eigenvalue weighted by atomic mass is 19.1. The second-order valence-corrected chi connectivity index (χ2v) is 8.87. The van der Waals surface area contributed by atoms with Gasteiger partial charge >= 0.3 is 0 Å². The molecule has 1 aliphatic heterocycles. The van der Waals surface area contributed by atoms with Crippen LogP contribution in [0.2, 0.25) is 0 Å². The normalized spacial score (nSPS) is 25.6. The summed E-state index contributed by atoms with van der Waals surface area (Å²) in [6, 6.07) is 7.73. The molecule has 2 aliphatic rings. The maximum Gasteiger partial charge on any atom is 0.123 e. The molecule has 3 rings (SSSR count). The maximum atomic E-state index is 13.2. The molecular formula is C22H34FNO. The van der Waals surface area contributed by atoms with E-state index < -0.39 is 0 Å². The first-order valence-corrected chi connectivity index (χ1v) is 10.1. The summed E-state index contributed by atoms with van der Waals surface area (Å²) in [4.78, 5) is 0. The molecule has 1 aliphatic carbocycles. The van der Waals surface area contributed by atoms with Crippen LogP contribution >= 0.6 is 0 Å². The van der Waals surface area contributed by atoms with E-state index in [1.807, 2.05) is 12.1 Å². The Bertz CT molecular complexity index is 533. The van der Waals surface area contributed by atoms with Gasteiger partial charge in [-0.15, -0.1) is 0 Å². The zero-order chi connectivity index (χ0) is 17.8. The Balaban J connectivity index is 1.56. The first kappa shape index (κ1) is 18.8. The maximum absolute atomic E-state index is 13.2. The van der Waals surface area contributed by atoms with Crippen molar-refractivity contribution in [2.45, 2.75) is 83.3 Å². The molecule has 2 fully saturated rings. The molecule has 0 aromatic heterocycles. The molecule has 0 unspecified atom stereocenters. The van der Waals surface area contributed by atoms with Crippen LogP contribution in [0.25, 0.3) is 0 Å². The Morgan fingerprint density at radius 1 is 1.12 bits per heavy atom. The van der Waals surface area contributed by atoms with Gasteiger partial charge in [0.25, 0.3) is 0 Å². The van der Waals surface area contributed by atoms with Gasteiger partial charge in [-0.1, -0.05) is 31.4 Å². The molecule has 1 N–H and O–H groups in total. The van der Waals surface area contributed by atoms with Crippen LogP contribution in [0.4, 0.5) is 4.39 Å². The zero-order valence-corrected chi connectivity index (χ0v) is 16.0. The summed E-state index contributed by atoms with van der Waals surface area (Å²) in [6.07, 6.45) is 11.2. The van der Waals surface area contributed by atoms with Crippen molar-refractivity contribution in [2.24, 2.45) is 5.41 Å². The fourth-order valence-corrected chi connectivity index (χ4v) is 4.80. The van der Waals surface area contributed by atoms with Gasteiger partial charge < -0.3 is 10.1 Å². The number of hydrogen-bond acceptors (Lipinski definition) is 2. The van der Waals surface area contributed by atoms with Crippen LogP contribution in [0, 0.1) is 11.2 Å². The van der Waals surface area contributed by atoms with E-state index in [2.05, 4.69) is 19.2 Å². The topological polar surface area (TPSA) is 21.3 Å². The summed E-state index contributed by atoms with van der Waals surface area (Å²) in [5.41, 5.74) is 1.69. The van der Waals surface area contributed by atoms with Gasteiger partial charge in [-0.3, -0.25) is 0 Å². The van der Waals surface area contributed by atoms with Crippen LogP contribution in [0.15, 0.2) is 24.3 Å². The van der Waals surface area contributed by atoms with Gasteiger partial charge in [0.05, 0.1) is 5.60 Å². The minimum Gasteiger partial charge on any atom is -0.375 e. The number of hydrogen-bond donors (Lipinski definition) is 1. The monoisotopic (exact) mass is 347 g/mol. The zero-order valence-electron chi connectivity index (χ0n) is 16.0. The Kier molecular flexibility index (Phi) is 6.17. The molecule has 3 heteroatoms. The first-order chi connectivity index (χ1) is 12.0. The fraction of sp³-hybridized carbons (Fsp3) is 0.727. The molecule has 140 valence electrons. The molecule has 1 aromatic carbocycles. The quantitative estimate of drug-likeness (QED) is 0.758. The number of benzene rings is 1. The Hall–Kier alpha value is -0.930. The number of ether oxygens (including phenoxy) is 1. The van der Waals surface area contributed by atoms with Crippen molar-refractivity contribution >= 4 is 0 Å². The number of rotatable bonds is 6. The van der Waals surface area contributed by atoms with Crippen molar-refractivity contribution in [1.82, 2.24) is 5.32 Å². The number of nitrogens with one attached hydrogen (secondary N) is 1. The number of halogens is 1. The molecule has 0 amide bonds. The van der Waals surface area contributed by atoms with Crippen LogP contribution in [-0.2, 0) is 11.2 Å². The van der Waals surface area contributed by atoms with Crippen LogP contribution < -0.4 is 5.32 Å². The lowest BCUT2D eigenvalue weighted by Gasteiger charge is -2.40. The fourth-order valence-electron chi connectivity index (χ4n) is 4.80. The first-order valence-electron chi connectivity index (χ1n) is 10.1. The summed E-state index contributed by atoms with van der Waals surface area (Å²) < 4.78 is 19.0. The van der Waals surface area contributed by atoms with E-state index in [-0.39, 0.29) is 11.4 Å². The van der Waals surface area contributed by atoms with Crippen LogP contribution in [0.1, 0.15) is 70.8 Å². The summed E-state index contributed by atoms with van der Waals surface area (Å²) in [5.74, 6) is -0.134. The average molecular weight is 348 g/mol. The van der Waals surface area contributed by atoms with E-state index in [4.69, 9.17) is 4.74 Å². The third-order valence-corrected chi connectivity index (χ3v) is 6.19. The predicted molar refractivity (Wildman–Crippen MR) is 101 cm³/mol. The smallest absolute Gasteiger partial charge is 0.123 e. The van der Waals surface area contributed by atoms with Crippen molar-refractivity contribution in [3.63, 3.8) is 0 Å². The second-order valence-electron chi connectivity index (χ2n) is 8.87. The minimum absolute atomic E-state index is 0.00650. The molecule has 1 heterocycles. The molecule has 0 bridgehead atoms. The predicted octanol–water partition coefficient (Wildman–Crippen LogP) is 5.26. The van der Waals surface area contributed by atoms with E-state index in [1.165, 1.54) is 44.1 Å². The Morgan fingerprint density at radius 2 is 1.84 bits per heavy atom. The van der Waals surface area contributed by atoms with Crippen molar-refractivity contribution < 1.29 is 9.13 Å². The molecule has 1 saturated carbocycles. The van der Waals surface area contributed by atoms with Crippen LogP contribution in [0.3, 0.4) is 0 Å². The van der Waals surface area contributed by atoms with Crippen molar-refractivity contribution in [2.75, 3.05) is 13.2 Å². The summed E-state index contributed by atoms with van der Waals surface area (Å²) in [6.45, 7) is 6.34. The molecular weight excluding hydrogens is 313 g/mol. The van der Waals surface area contributed by atoms with E-state index in [0.29, 0.717) is 11.5 Å². The third-order valence-electron chi connectivity index (χ3n) is 6.19. The largest absolute Gasteiger partial charge is 0.375 e. The van der Waals surface area contributed by atoms with E-state index in [0.717, 1.165) is 32.4 Å². The molecule has 1 saturated heterocycles. The average Bonchev–Trinajstić information content (AvgIpc) is 2.57. The van der Waals surface area contributed by atoms with E-state index in [1.54, 1.807) is 12.1 Å². The van der Waals surface area contributed by atoms with Gasteiger partial charge in [-0.05, 0) is 82.0 Å². The van der Waals surface area contributed by atoms with Gasteiger partial charge in [0.15, 0.2) is 0 Å². The summed E-state index contributed by atoms with van der Waals surface area (Å²) in [7, 11) is 0.